The molecule has 0 aliphatic carbocycles. The van der Waals surface area contributed by atoms with Gasteiger partial charge in [0.1, 0.15) is 17.5 Å². The Morgan fingerprint density at radius 2 is 1.97 bits per heavy atom. The number of pyridine rings is 1. The molecule has 0 saturated heterocycles. The largest absolute Gasteiger partial charge is 0.488 e. The first-order chi connectivity index (χ1) is 15.9. The molecular formula is C23H21ClF5N3O2. The number of hydrogen-bond donors (Lipinski definition) is 1. The van der Waals surface area contributed by atoms with Gasteiger partial charge in [0.15, 0.2) is 0 Å². The number of carbonyl (C=O) groups is 1. The maximum Gasteiger partial charge on any atom is 0.458 e. The van der Waals surface area contributed by atoms with Crippen LogP contribution in [0.25, 0.3) is 0 Å². The highest BCUT2D eigenvalue weighted by molar-refractivity contribution is 6.33. The SMILES string of the molecule is CC(C)N1C=CC(COc2cc(NC(=O)c3cccnc3Cl)ccc2C(F)(F)C(F)(F)F)=CC1. The van der Waals surface area contributed by atoms with Gasteiger partial charge in [0.25, 0.3) is 5.91 Å². The lowest BCUT2D eigenvalue weighted by Gasteiger charge is -2.27. The van der Waals surface area contributed by atoms with E-state index in [0.717, 1.165) is 12.1 Å². The molecule has 182 valence electrons. The number of rotatable bonds is 7. The summed E-state index contributed by atoms with van der Waals surface area (Å²) >= 11 is 5.88. The van der Waals surface area contributed by atoms with Crippen molar-refractivity contribution >= 4 is 23.2 Å². The first kappa shape index (κ1) is 25.5. The number of amides is 1. The third-order valence-corrected chi connectivity index (χ3v) is 5.34. The van der Waals surface area contributed by atoms with Gasteiger partial charge in [0.2, 0.25) is 0 Å². The summed E-state index contributed by atoms with van der Waals surface area (Å²) in [5.74, 6) is -6.59. The molecule has 2 heterocycles. The van der Waals surface area contributed by atoms with Gasteiger partial charge in [-0.3, -0.25) is 4.79 Å². The average Bonchev–Trinajstić information content (AvgIpc) is 2.77. The Kier molecular flexibility index (Phi) is 7.50. The molecule has 3 rings (SSSR count). The number of ether oxygens (including phenoxy) is 1. The second-order valence-corrected chi connectivity index (χ2v) is 8.11. The Morgan fingerprint density at radius 3 is 2.56 bits per heavy atom. The number of halogens is 6. The second-order valence-electron chi connectivity index (χ2n) is 7.75. The lowest BCUT2D eigenvalue weighted by molar-refractivity contribution is -0.289. The molecule has 2 aromatic rings. The molecule has 1 N–H and O–H groups in total. The molecule has 0 saturated carbocycles. The molecule has 1 amide bonds. The van der Waals surface area contributed by atoms with Crippen LogP contribution in [0.2, 0.25) is 5.15 Å². The summed E-state index contributed by atoms with van der Waals surface area (Å²) < 4.78 is 73.0. The first-order valence-corrected chi connectivity index (χ1v) is 10.5. The molecule has 5 nitrogen and oxygen atoms in total. The van der Waals surface area contributed by atoms with Crippen molar-refractivity contribution in [1.29, 1.82) is 0 Å². The van der Waals surface area contributed by atoms with Crippen molar-refractivity contribution < 1.29 is 31.5 Å². The fraction of sp³-hybridized carbons (Fsp3) is 0.304. The van der Waals surface area contributed by atoms with Crippen LogP contribution in [0, 0.1) is 0 Å². The first-order valence-electron chi connectivity index (χ1n) is 10.2. The smallest absolute Gasteiger partial charge is 0.458 e. The van der Waals surface area contributed by atoms with E-state index in [0.29, 0.717) is 18.2 Å². The van der Waals surface area contributed by atoms with E-state index in [-0.39, 0.29) is 29.1 Å². The maximum absolute atomic E-state index is 14.2. The van der Waals surface area contributed by atoms with Crippen LogP contribution in [0.3, 0.4) is 0 Å². The molecule has 0 unspecified atom stereocenters. The topological polar surface area (TPSA) is 54.5 Å². The maximum atomic E-state index is 14.2. The minimum absolute atomic E-state index is 0.00328. The third-order valence-electron chi connectivity index (χ3n) is 5.04. The summed E-state index contributed by atoms with van der Waals surface area (Å²) in [5.41, 5.74) is -0.805. The Morgan fingerprint density at radius 1 is 1.24 bits per heavy atom. The summed E-state index contributed by atoms with van der Waals surface area (Å²) in [6.07, 6.45) is 0.816. The van der Waals surface area contributed by atoms with Gasteiger partial charge in [-0.25, -0.2) is 4.98 Å². The number of nitrogens with one attached hydrogen (secondary N) is 1. The molecule has 0 bridgehead atoms. The zero-order valence-corrected chi connectivity index (χ0v) is 18.9. The van der Waals surface area contributed by atoms with Crippen LogP contribution in [0.5, 0.6) is 5.75 Å². The summed E-state index contributed by atoms with van der Waals surface area (Å²) in [4.78, 5) is 18.2. The lowest BCUT2D eigenvalue weighted by atomic mass is 10.1. The van der Waals surface area contributed by atoms with Crippen molar-refractivity contribution in [2.24, 2.45) is 0 Å². The lowest BCUT2D eigenvalue weighted by Crippen LogP contribution is -2.34. The Bertz CT molecular complexity index is 1120. The highest BCUT2D eigenvalue weighted by Gasteiger charge is 2.60. The summed E-state index contributed by atoms with van der Waals surface area (Å²) in [6, 6.07) is 5.52. The minimum Gasteiger partial charge on any atom is -0.488 e. The van der Waals surface area contributed by atoms with Gasteiger partial charge in [0.05, 0.1) is 11.1 Å². The zero-order chi connectivity index (χ0) is 25.1. The van der Waals surface area contributed by atoms with Crippen molar-refractivity contribution in [1.82, 2.24) is 9.88 Å². The van der Waals surface area contributed by atoms with Crippen LogP contribution in [-0.2, 0) is 5.92 Å². The van der Waals surface area contributed by atoms with Crippen LogP contribution in [-0.4, -0.2) is 41.2 Å². The highest BCUT2D eigenvalue weighted by Crippen LogP contribution is 2.47. The molecule has 1 aromatic heterocycles. The van der Waals surface area contributed by atoms with E-state index in [9.17, 15) is 26.7 Å². The molecule has 0 radical (unpaired) electrons. The van der Waals surface area contributed by atoms with Crippen LogP contribution in [0.1, 0.15) is 29.8 Å². The van der Waals surface area contributed by atoms with Gasteiger partial charge in [-0.15, -0.1) is 0 Å². The fourth-order valence-corrected chi connectivity index (χ4v) is 3.28. The number of alkyl halides is 5. The van der Waals surface area contributed by atoms with Gasteiger partial charge in [-0.2, -0.15) is 22.0 Å². The molecule has 0 atom stereocenters. The Balaban J connectivity index is 1.87. The minimum atomic E-state index is -5.83. The van der Waals surface area contributed by atoms with Crippen molar-refractivity contribution in [3.05, 3.63) is 76.7 Å². The van der Waals surface area contributed by atoms with Crippen molar-refractivity contribution in [3.8, 4) is 5.75 Å². The molecule has 1 aliphatic rings. The number of anilines is 1. The molecule has 34 heavy (non-hydrogen) atoms. The van der Waals surface area contributed by atoms with Gasteiger partial charge in [0, 0.05) is 30.5 Å². The molecule has 1 aromatic carbocycles. The molecule has 0 fully saturated rings. The van der Waals surface area contributed by atoms with E-state index in [1.165, 1.54) is 18.3 Å². The number of hydrogen-bond acceptors (Lipinski definition) is 4. The Labute approximate surface area is 197 Å². The monoisotopic (exact) mass is 501 g/mol. The van der Waals surface area contributed by atoms with Crippen LogP contribution >= 0.6 is 11.6 Å². The molecule has 1 aliphatic heterocycles. The number of nitrogens with zero attached hydrogens (tertiary/aromatic N) is 2. The predicted molar refractivity (Wildman–Crippen MR) is 118 cm³/mol. The van der Waals surface area contributed by atoms with Gasteiger partial charge in [-0.05, 0) is 56.0 Å². The van der Waals surface area contributed by atoms with E-state index >= 15 is 0 Å². The van der Waals surface area contributed by atoms with Crippen molar-refractivity contribution in [3.63, 3.8) is 0 Å². The highest BCUT2D eigenvalue weighted by atomic mass is 35.5. The average molecular weight is 502 g/mol. The van der Waals surface area contributed by atoms with Crippen molar-refractivity contribution in [2.75, 3.05) is 18.5 Å². The standard InChI is InChI=1S/C23H21ClF5N3O2/c1-14(2)32-10-7-15(8-11-32)13-34-19-12-16(5-6-18(19)22(25,26)23(27,28)29)31-21(33)17-4-3-9-30-20(17)24/h3-10,12,14H,11,13H2,1-2H3,(H,31,33). The Hall–Kier alpha value is -3.14. The molecule has 11 heteroatoms. The number of aromatic nitrogens is 1. The quantitative estimate of drug-likeness (QED) is 0.363. The van der Waals surface area contributed by atoms with Crippen LogP contribution in [0.15, 0.2) is 60.5 Å². The fourth-order valence-electron chi connectivity index (χ4n) is 3.08. The molecule has 0 spiro atoms. The number of benzene rings is 1. The normalized spacial score (nSPS) is 14.3. The van der Waals surface area contributed by atoms with Gasteiger partial charge >= 0.3 is 12.1 Å². The van der Waals surface area contributed by atoms with E-state index in [1.54, 1.807) is 18.4 Å². The predicted octanol–water partition coefficient (Wildman–Crippen LogP) is 6.18. The molecular weight excluding hydrogens is 481 g/mol. The van der Waals surface area contributed by atoms with Crippen LogP contribution in [0.4, 0.5) is 27.6 Å². The van der Waals surface area contributed by atoms with E-state index in [1.807, 2.05) is 18.7 Å². The van der Waals surface area contributed by atoms with Gasteiger partial charge in [-0.1, -0.05) is 17.7 Å². The van der Waals surface area contributed by atoms with Crippen molar-refractivity contribution in [2.45, 2.75) is 32.0 Å². The summed E-state index contributed by atoms with van der Waals surface area (Å²) in [7, 11) is 0. The zero-order valence-electron chi connectivity index (χ0n) is 18.2. The second kappa shape index (κ2) is 10.0. The van der Waals surface area contributed by atoms with E-state index in [4.69, 9.17) is 16.3 Å². The van der Waals surface area contributed by atoms with Gasteiger partial charge < -0.3 is 15.0 Å². The summed E-state index contributed by atoms with van der Waals surface area (Å²) in [5, 5.41) is 2.31. The van der Waals surface area contributed by atoms with Crippen LogP contribution < -0.4 is 10.1 Å². The number of carbonyl (C=O) groups excluding carboxylic acids is 1. The summed E-state index contributed by atoms with van der Waals surface area (Å²) in [6.45, 7) is 4.28. The van der Waals surface area contributed by atoms with E-state index in [2.05, 4.69) is 10.3 Å². The van der Waals surface area contributed by atoms with E-state index < -0.39 is 29.3 Å². The third kappa shape index (κ3) is 5.67.